The molecule has 0 amide bonds. The van der Waals surface area contributed by atoms with Crippen molar-refractivity contribution in [3.63, 3.8) is 0 Å². The number of thioether (sulfide) groups is 2. The number of ether oxygens (including phenoxy) is 1. The third kappa shape index (κ3) is 5.33. The van der Waals surface area contributed by atoms with Crippen LogP contribution in [-0.2, 0) is 15.3 Å². The molecule has 0 aliphatic carbocycles. The molecule has 1 unspecified atom stereocenters. The third-order valence-corrected chi connectivity index (χ3v) is 4.19. The van der Waals surface area contributed by atoms with E-state index in [2.05, 4.69) is 30.5 Å². The maximum absolute atomic E-state index is 11.3. The number of carbonyl (C=O) groups is 1. The quantitative estimate of drug-likeness (QED) is 0.616. The second-order valence-corrected chi connectivity index (χ2v) is 5.63. The molecule has 0 bridgehead atoms. The van der Waals surface area contributed by atoms with Gasteiger partial charge >= 0.3 is 5.97 Å². The molecule has 1 atom stereocenters. The zero-order chi connectivity index (χ0) is 13.4. The van der Waals surface area contributed by atoms with Crippen LogP contribution < -0.4 is 5.73 Å². The van der Waals surface area contributed by atoms with Crippen LogP contribution in [-0.4, -0.2) is 30.6 Å². The van der Waals surface area contributed by atoms with Crippen LogP contribution in [0, 0.1) is 0 Å². The van der Waals surface area contributed by atoms with Crippen molar-refractivity contribution in [2.75, 3.05) is 18.6 Å². The first kappa shape index (κ1) is 15.4. The van der Waals surface area contributed by atoms with E-state index in [4.69, 9.17) is 10.5 Å². The molecule has 0 spiro atoms. The second-order valence-electron chi connectivity index (χ2n) is 3.72. The van der Waals surface area contributed by atoms with E-state index >= 15 is 0 Å². The number of benzene rings is 1. The minimum Gasteiger partial charge on any atom is -0.465 e. The van der Waals surface area contributed by atoms with Crippen molar-refractivity contribution in [2.45, 2.75) is 23.6 Å². The van der Waals surface area contributed by atoms with Crippen LogP contribution in [0.5, 0.6) is 0 Å². The first-order valence-electron chi connectivity index (χ1n) is 5.80. The van der Waals surface area contributed by atoms with Crippen molar-refractivity contribution in [1.82, 2.24) is 0 Å². The van der Waals surface area contributed by atoms with Crippen LogP contribution in [0.4, 0.5) is 0 Å². The highest BCUT2D eigenvalue weighted by Crippen LogP contribution is 2.18. The predicted octanol–water partition coefficient (Wildman–Crippen LogP) is 2.53. The van der Waals surface area contributed by atoms with Gasteiger partial charge in [0.15, 0.2) is 0 Å². The average molecular weight is 285 g/mol. The summed E-state index contributed by atoms with van der Waals surface area (Å²) in [5, 5.41) is 0. The van der Waals surface area contributed by atoms with Crippen LogP contribution in [0.15, 0.2) is 29.2 Å². The molecule has 0 fully saturated rings. The zero-order valence-corrected chi connectivity index (χ0v) is 12.4. The fraction of sp³-hybridized carbons (Fsp3) is 0.462. The molecule has 0 aliphatic rings. The minimum absolute atomic E-state index is 0.317. The fourth-order valence-electron chi connectivity index (χ4n) is 1.34. The Hall–Kier alpha value is -0.650. The summed E-state index contributed by atoms with van der Waals surface area (Å²) < 4.78 is 4.86. The third-order valence-electron chi connectivity index (χ3n) is 2.31. The largest absolute Gasteiger partial charge is 0.465 e. The summed E-state index contributed by atoms with van der Waals surface area (Å²) in [6.45, 7) is 2.17. The molecular weight excluding hydrogens is 266 g/mol. The van der Waals surface area contributed by atoms with E-state index in [0.717, 1.165) is 5.75 Å². The highest BCUT2D eigenvalue weighted by Gasteiger charge is 2.13. The number of carbonyl (C=O) groups excluding carboxylic acids is 1. The number of hydrogen-bond acceptors (Lipinski definition) is 5. The maximum Gasteiger partial charge on any atom is 0.323 e. The zero-order valence-electron chi connectivity index (χ0n) is 10.7. The number of esters is 1. The summed E-state index contributed by atoms with van der Waals surface area (Å²) in [5.74, 6) is 1.13. The van der Waals surface area contributed by atoms with Gasteiger partial charge in [0.2, 0.25) is 0 Å². The molecule has 1 aromatic rings. The minimum atomic E-state index is -0.527. The molecule has 18 heavy (non-hydrogen) atoms. The van der Waals surface area contributed by atoms with Crippen molar-refractivity contribution in [2.24, 2.45) is 5.73 Å². The van der Waals surface area contributed by atoms with Crippen LogP contribution in [0.3, 0.4) is 0 Å². The molecule has 0 heterocycles. The van der Waals surface area contributed by atoms with Crippen LogP contribution in [0.1, 0.15) is 12.5 Å². The molecule has 100 valence electrons. The molecule has 0 saturated carbocycles. The van der Waals surface area contributed by atoms with E-state index in [1.54, 1.807) is 30.4 Å². The van der Waals surface area contributed by atoms with E-state index in [-0.39, 0.29) is 5.97 Å². The maximum atomic E-state index is 11.3. The van der Waals surface area contributed by atoms with Gasteiger partial charge in [-0.15, -0.1) is 11.8 Å². The van der Waals surface area contributed by atoms with Crippen molar-refractivity contribution >= 4 is 29.5 Å². The number of hydrogen-bond donors (Lipinski definition) is 1. The molecule has 2 N–H and O–H groups in total. The summed E-state index contributed by atoms with van der Waals surface area (Å²) in [4.78, 5) is 12.6. The standard InChI is InChI=1S/C13H19NO2S2/c1-3-16-13(15)12(14)9-18-8-10-4-6-11(17-2)7-5-10/h4-7,12H,3,8-9,14H2,1-2H3. The van der Waals surface area contributed by atoms with E-state index in [1.165, 1.54) is 10.5 Å². The monoisotopic (exact) mass is 285 g/mol. The first-order valence-corrected chi connectivity index (χ1v) is 8.18. The van der Waals surface area contributed by atoms with Gasteiger partial charge in [0.05, 0.1) is 6.61 Å². The first-order chi connectivity index (χ1) is 8.67. The Morgan fingerprint density at radius 2 is 2.06 bits per heavy atom. The SMILES string of the molecule is CCOC(=O)C(N)CSCc1ccc(SC)cc1. The van der Waals surface area contributed by atoms with E-state index in [9.17, 15) is 4.79 Å². The van der Waals surface area contributed by atoms with Gasteiger partial charge < -0.3 is 10.5 Å². The Morgan fingerprint density at radius 1 is 1.39 bits per heavy atom. The van der Waals surface area contributed by atoms with Gasteiger partial charge in [0, 0.05) is 16.4 Å². The molecule has 0 saturated heterocycles. The Morgan fingerprint density at radius 3 is 2.61 bits per heavy atom. The van der Waals surface area contributed by atoms with Crippen LogP contribution >= 0.6 is 23.5 Å². The van der Waals surface area contributed by atoms with Gasteiger partial charge in [-0.25, -0.2) is 0 Å². The topological polar surface area (TPSA) is 52.3 Å². The summed E-state index contributed by atoms with van der Waals surface area (Å²) in [6, 6.07) is 7.89. The van der Waals surface area contributed by atoms with Crippen LogP contribution in [0.2, 0.25) is 0 Å². The molecule has 5 heteroatoms. The fourth-order valence-corrected chi connectivity index (χ4v) is 2.69. The normalized spacial score (nSPS) is 12.2. The lowest BCUT2D eigenvalue weighted by atomic mass is 10.2. The molecule has 1 aromatic carbocycles. The molecule has 3 nitrogen and oxygen atoms in total. The Balaban J connectivity index is 2.30. The molecule has 0 aromatic heterocycles. The van der Waals surface area contributed by atoms with Gasteiger partial charge in [-0.1, -0.05) is 12.1 Å². The lowest BCUT2D eigenvalue weighted by Crippen LogP contribution is -2.34. The van der Waals surface area contributed by atoms with Gasteiger partial charge in [-0.05, 0) is 30.9 Å². The number of nitrogens with two attached hydrogens (primary N) is 1. The van der Waals surface area contributed by atoms with Gasteiger partial charge in [0.25, 0.3) is 0 Å². The van der Waals surface area contributed by atoms with Crippen LogP contribution in [0.25, 0.3) is 0 Å². The van der Waals surface area contributed by atoms with Gasteiger partial charge in [-0.2, -0.15) is 11.8 Å². The smallest absolute Gasteiger partial charge is 0.323 e. The van der Waals surface area contributed by atoms with E-state index < -0.39 is 6.04 Å². The Labute approximate surface area is 117 Å². The lowest BCUT2D eigenvalue weighted by Gasteiger charge is -2.10. The molecular formula is C13H19NO2S2. The van der Waals surface area contributed by atoms with E-state index in [1.807, 2.05) is 0 Å². The Bertz CT molecular complexity index is 368. The molecule has 1 rings (SSSR count). The second kappa shape index (κ2) is 8.45. The van der Waals surface area contributed by atoms with Crippen molar-refractivity contribution in [3.8, 4) is 0 Å². The lowest BCUT2D eigenvalue weighted by molar-refractivity contribution is -0.144. The van der Waals surface area contributed by atoms with E-state index in [0.29, 0.717) is 12.4 Å². The van der Waals surface area contributed by atoms with Crippen molar-refractivity contribution in [3.05, 3.63) is 29.8 Å². The molecule has 0 radical (unpaired) electrons. The van der Waals surface area contributed by atoms with Crippen molar-refractivity contribution in [1.29, 1.82) is 0 Å². The van der Waals surface area contributed by atoms with Gasteiger partial charge in [0.1, 0.15) is 6.04 Å². The Kier molecular flexibility index (Phi) is 7.23. The average Bonchev–Trinajstić information content (AvgIpc) is 2.39. The molecule has 0 aliphatic heterocycles. The summed E-state index contributed by atoms with van der Waals surface area (Å²) in [7, 11) is 0. The highest BCUT2D eigenvalue weighted by atomic mass is 32.2. The summed E-state index contributed by atoms with van der Waals surface area (Å²) in [5.41, 5.74) is 6.96. The highest BCUT2D eigenvalue weighted by molar-refractivity contribution is 7.98. The summed E-state index contributed by atoms with van der Waals surface area (Å²) in [6.07, 6.45) is 2.06. The summed E-state index contributed by atoms with van der Waals surface area (Å²) >= 11 is 3.38. The van der Waals surface area contributed by atoms with Gasteiger partial charge in [-0.3, -0.25) is 4.79 Å². The number of rotatable bonds is 7. The predicted molar refractivity (Wildman–Crippen MR) is 79.0 cm³/mol. The van der Waals surface area contributed by atoms with Crippen molar-refractivity contribution < 1.29 is 9.53 Å².